The molecular weight excluding hydrogens is 637 g/mol. The Hall–Kier alpha value is -3.67. The highest BCUT2D eigenvalue weighted by atomic mass is 32.2. The van der Waals surface area contributed by atoms with E-state index in [0.717, 1.165) is 21.6 Å². The molecule has 0 radical (unpaired) electrons. The van der Waals surface area contributed by atoms with Gasteiger partial charge in [0.15, 0.2) is 15.2 Å². The zero-order chi connectivity index (χ0) is 30.9. The number of aromatic nitrogens is 2. The number of para-hydroxylation sites is 1. The van der Waals surface area contributed by atoms with Gasteiger partial charge in [-0.1, -0.05) is 29.1 Å². The summed E-state index contributed by atoms with van der Waals surface area (Å²) in [5.41, 5.74) is 5.78. The molecule has 43 heavy (non-hydrogen) atoms. The Morgan fingerprint density at radius 3 is 2.65 bits per heavy atom. The molecule has 1 aromatic carbocycles. The second kappa shape index (κ2) is 12.5. The molecule has 3 N–H and O–H groups in total. The lowest BCUT2D eigenvalue weighted by Crippen LogP contribution is -2.71. The fourth-order valence-electron chi connectivity index (χ4n) is 3.98. The van der Waals surface area contributed by atoms with Crippen LogP contribution in [0.4, 0.5) is 5.13 Å². The van der Waals surface area contributed by atoms with E-state index in [4.69, 9.17) is 20.0 Å². The number of thiazole rings is 2. The second-order valence-corrected chi connectivity index (χ2v) is 14.5. The number of amides is 2. The van der Waals surface area contributed by atoms with Crippen LogP contribution in [0, 0.1) is 5.41 Å². The van der Waals surface area contributed by atoms with Crippen molar-refractivity contribution in [3.8, 4) is 0 Å². The van der Waals surface area contributed by atoms with Crippen LogP contribution in [-0.2, 0) is 33.5 Å². The number of hydrogen-bond acceptors (Lipinski definition) is 15. The van der Waals surface area contributed by atoms with Crippen molar-refractivity contribution in [2.24, 2.45) is 10.6 Å². The average molecular weight is 663 g/mol. The van der Waals surface area contributed by atoms with Gasteiger partial charge in [-0.25, -0.2) is 14.8 Å². The number of anilines is 1. The van der Waals surface area contributed by atoms with E-state index >= 15 is 0 Å². The molecule has 2 atom stereocenters. The first-order chi connectivity index (χ1) is 20.5. The number of esters is 2. The van der Waals surface area contributed by atoms with Gasteiger partial charge < -0.3 is 25.4 Å². The normalized spacial score (nSPS) is 18.7. The summed E-state index contributed by atoms with van der Waals surface area (Å²) in [6.07, 6.45) is 0. The molecule has 1 fully saturated rings. The van der Waals surface area contributed by atoms with Gasteiger partial charge in [0.1, 0.15) is 29.9 Å². The molecule has 2 amide bonds. The maximum absolute atomic E-state index is 13.5. The molecule has 2 aliphatic heterocycles. The number of β-lactam (4-membered cyclic amide) rings is 1. The van der Waals surface area contributed by atoms with Crippen molar-refractivity contribution < 1.29 is 33.5 Å². The van der Waals surface area contributed by atoms with E-state index in [-0.39, 0.29) is 22.2 Å². The maximum atomic E-state index is 13.5. The molecule has 0 bridgehead atoms. The van der Waals surface area contributed by atoms with Gasteiger partial charge in [-0.3, -0.25) is 19.3 Å². The molecule has 1 saturated heterocycles. The minimum absolute atomic E-state index is 0.00775. The number of nitrogens with two attached hydrogens (primary N) is 1. The number of nitrogens with one attached hydrogen (secondary N) is 1. The van der Waals surface area contributed by atoms with Gasteiger partial charge in [0, 0.05) is 16.0 Å². The number of nitrogen functional groups attached to an aromatic ring is 1. The molecule has 0 saturated carbocycles. The van der Waals surface area contributed by atoms with Gasteiger partial charge in [-0.2, -0.15) is 0 Å². The summed E-state index contributed by atoms with van der Waals surface area (Å²) in [6.45, 7) is 4.41. The van der Waals surface area contributed by atoms with Crippen molar-refractivity contribution in [3.63, 3.8) is 0 Å². The first-order valence-electron chi connectivity index (χ1n) is 12.7. The van der Waals surface area contributed by atoms with E-state index < -0.39 is 47.4 Å². The Morgan fingerprint density at radius 2 is 1.98 bits per heavy atom. The summed E-state index contributed by atoms with van der Waals surface area (Å²) >= 11 is 5.21. The van der Waals surface area contributed by atoms with Gasteiger partial charge >= 0.3 is 11.9 Å². The van der Waals surface area contributed by atoms with Crippen LogP contribution < -0.4 is 11.1 Å². The molecule has 1 unspecified atom stereocenters. The molecule has 0 aliphatic carbocycles. The minimum Gasteiger partial charge on any atom is -0.427 e. The monoisotopic (exact) mass is 662 g/mol. The topological polar surface area (TPSA) is 175 Å². The highest BCUT2D eigenvalue weighted by Crippen LogP contribution is 2.46. The smallest absolute Gasteiger partial charge is 0.358 e. The lowest BCUT2D eigenvalue weighted by molar-refractivity contribution is -0.173. The first kappa shape index (κ1) is 30.8. The molecule has 2 aromatic heterocycles. The summed E-state index contributed by atoms with van der Waals surface area (Å²) in [5, 5.41) is 7.61. The quantitative estimate of drug-likeness (QED) is 0.113. The lowest BCUT2D eigenvalue weighted by atomic mass is 9.98. The van der Waals surface area contributed by atoms with Crippen LogP contribution in [0.25, 0.3) is 10.2 Å². The van der Waals surface area contributed by atoms with Crippen LogP contribution >= 0.6 is 46.2 Å². The molecule has 226 valence electrons. The van der Waals surface area contributed by atoms with Crippen LogP contribution in [0.1, 0.15) is 26.5 Å². The predicted molar refractivity (Wildman–Crippen MR) is 164 cm³/mol. The average Bonchev–Trinajstić information content (AvgIpc) is 3.58. The molecule has 2 aliphatic rings. The minimum atomic E-state index is -0.967. The van der Waals surface area contributed by atoms with E-state index in [1.807, 2.05) is 24.3 Å². The van der Waals surface area contributed by atoms with E-state index in [1.54, 1.807) is 26.2 Å². The Labute approximate surface area is 262 Å². The number of carbonyl (C=O) groups excluding carboxylic acids is 4. The number of rotatable bonds is 9. The Balaban J connectivity index is 1.38. The van der Waals surface area contributed by atoms with Gasteiger partial charge in [-0.15, -0.1) is 34.4 Å². The van der Waals surface area contributed by atoms with Crippen LogP contribution in [0.15, 0.2) is 49.7 Å². The van der Waals surface area contributed by atoms with Gasteiger partial charge in [0.05, 0.1) is 15.6 Å². The zero-order valence-corrected chi connectivity index (χ0v) is 26.6. The fraction of sp³-hybridized carbons (Fsp3) is 0.346. The van der Waals surface area contributed by atoms with Crippen molar-refractivity contribution >= 4 is 91.0 Å². The third-order valence-corrected chi connectivity index (χ3v) is 10.4. The van der Waals surface area contributed by atoms with Crippen molar-refractivity contribution in [2.75, 3.05) is 25.4 Å². The van der Waals surface area contributed by atoms with Crippen molar-refractivity contribution in [3.05, 3.63) is 45.9 Å². The summed E-state index contributed by atoms with van der Waals surface area (Å²) in [7, 11) is 1.28. The van der Waals surface area contributed by atoms with Gasteiger partial charge in [-0.05, 0) is 32.9 Å². The van der Waals surface area contributed by atoms with Crippen LogP contribution in [0.5, 0.6) is 0 Å². The standard InChI is InChI=1S/C26H26N6O7S4/c1-26(2,3)23(36)39-11-38-22(35)18-15(43-25-29-12-7-5-6-8-14(12)42-25)10-40-21-17(20(34)32(18)21)30-19(33)16(31-37-4)13-9-41-24(27)28-13/h5-9,17,21H,10-11H2,1-4H3,(H2,27,28)(H,30,33)/b31-16-/t17?,21-/m0/s1. The third kappa shape index (κ3) is 6.48. The van der Waals surface area contributed by atoms with Gasteiger partial charge in [0.2, 0.25) is 6.79 Å². The van der Waals surface area contributed by atoms with E-state index in [2.05, 4.69) is 20.4 Å². The van der Waals surface area contributed by atoms with Crippen LogP contribution in [0.2, 0.25) is 0 Å². The molecule has 5 rings (SSSR count). The molecular formula is C26H26N6O7S4. The number of fused-ring (bicyclic) bond motifs is 2. The van der Waals surface area contributed by atoms with E-state index in [1.165, 1.54) is 46.9 Å². The summed E-state index contributed by atoms with van der Waals surface area (Å²) in [4.78, 5) is 67.5. The fourth-order valence-corrected chi connectivity index (χ4v) is 8.23. The summed E-state index contributed by atoms with van der Waals surface area (Å²) in [6, 6.07) is 6.67. The lowest BCUT2D eigenvalue weighted by Gasteiger charge is -2.49. The zero-order valence-electron chi connectivity index (χ0n) is 23.3. The second-order valence-electron chi connectivity index (χ2n) is 10.1. The Bertz CT molecular complexity index is 1630. The van der Waals surface area contributed by atoms with Crippen LogP contribution in [0.3, 0.4) is 0 Å². The molecule has 4 heterocycles. The molecule has 3 aromatic rings. The number of benzene rings is 1. The molecule has 13 nitrogen and oxygen atoms in total. The number of carbonyl (C=O) groups is 4. The SMILES string of the molecule is CO/N=C(\C(=O)NC1C(=O)N2C(C(=O)OCOC(=O)C(C)(C)C)=C(Sc3nc4ccccc4s3)CS[C@@H]12)c1csc(N)n1. The van der Waals surface area contributed by atoms with E-state index in [9.17, 15) is 19.2 Å². The predicted octanol–water partition coefficient (Wildman–Crippen LogP) is 3.18. The number of hydrogen-bond donors (Lipinski definition) is 2. The largest absolute Gasteiger partial charge is 0.427 e. The summed E-state index contributed by atoms with van der Waals surface area (Å²) in [5.74, 6) is -2.28. The molecule has 0 spiro atoms. The Kier molecular flexibility index (Phi) is 8.96. The van der Waals surface area contributed by atoms with Crippen molar-refractivity contribution in [1.82, 2.24) is 20.2 Å². The number of nitrogens with zero attached hydrogens (tertiary/aromatic N) is 4. The van der Waals surface area contributed by atoms with E-state index in [0.29, 0.717) is 15.0 Å². The Morgan fingerprint density at radius 1 is 1.21 bits per heavy atom. The maximum Gasteiger partial charge on any atom is 0.358 e. The molecule has 17 heteroatoms. The number of thioether (sulfide) groups is 2. The number of oxime groups is 1. The van der Waals surface area contributed by atoms with Crippen molar-refractivity contribution in [1.29, 1.82) is 0 Å². The summed E-state index contributed by atoms with van der Waals surface area (Å²) < 4.78 is 12.1. The van der Waals surface area contributed by atoms with Crippen molar-refractivity contribution in [2.45, 2.75) is 36.5 Å². The number of ether oxygens (including phenoxy) is 2. The first-order valence-corrected chi connectivity index (χ1v) is 16.2. The van der Waals surface area contributed by atoms with Crippen LogP contribution in [-0.4, -0.2) is 75.4 Å². The highest BCUT2D eigenvalue weighted by molar-refractivity contribution is 8.07. The van der Waals surface area contributed by atoms with Gasteiger partial charge in [0.25, 0.3) is 11.8 Å². The highest BCUT2D eigenvalue weighted by Gasteiger charge is 2.55. The third-order valence-electron chi connectivity index (χ3n) is 6.05.